The lowest BCUT2D eigenvalue weighted by Crippen LogP contribution is -2.56. The molecule has 0 saturated carbocycles. The molecule has 2 N–H and O–H groups in total. The number of alkyl halides is 3. The summed E-state index contributed by atoms with van der Waals surface area (Å²) < 4.78 is 38.5. The molecular weight excluding hydrogens is 355 g/mol. The van der Waals surface area contributed by atoms with Gasteiger partial charge in [0.1, 0.15) is 0 Å². The fourth-order valence-corrected chi connectivity index (χ4v) is 3.17. The van der Waals surface area contributed by atoms with Gasteiger partial charge < -0.3 is 9.80 Å². The number of halogens is 3. The van der Waals surface area contributed by atoms with Crippen molar-refractivity contribution in [1.29, 1.82) is 0 Å². The van der Waals surface area contributed by atoms with E-state index in [1.54, 1.807) is 11.0 Å². The zero-order chi connectivity index (χ0) is 18.9. The van der Waals surface area contributed by atoms with E-state index < -0.39 is 28.7 Å². The van der Waals surface area contributed by atoms with Gasteiger partial charge in [0.2, 0.25) is 5.91 Å². The molecule has 26 heavy (non-hydrogen) atoms. The number of nitrogens with one attached hydrogen (secondary N) is 2. The molecule has 2 unspecified atom stereocenters. The number of amides is 1. The van der Waals surface area contributed by atoms with Gasteiger partial charge in [-0.05, 0) is 18.2 Å². The predicted octanol–water partition coefficient (Wildman–Crippen LogP) is 0.476. The lowest BCUT2D eigenvalue weighted by Gasteiger charge is -2.37. The fraction of sp³-hybridized carbons (Fsp3) is 0.533. The summed E-state index contributed by atoms with van der Waals surface area (Å²) in [5.74, 6) is -0.375. The minimum atomic E-state index is -4.41. The Morgan fingerprint density at radius 3 is 2.54 bits per heavy atom. The van der Waals surface area contributed by atoms with E-state index in [0.29, 0.717) is 18.8 Å². The molecule has 142 valence electrons. The Bertz CT molecular complexity index is 691. The minimum Gasteiger partial charge on any atom is -0.368 e. The number of nitrogens with zero attached hydrogens (tertiary/aromatic N) is 3. The molecule has 11 heteroatoms. The number of hydrazine groups is 1. The van der Waals surface area contributed by atoms with E-state index in [1.807, 2.05) is 0 Å². The zero-order valence-electron chi connectivity index (χ0n) is 13.7. The van der Waals surface area contributed by atoms with Crippen LogP contribution in [0, 0.1) is 10.1 Å². The summed E-state index contributed by atoms with van der Waals surface area (Å²) in [6.07, 6.45) is -4.41. The normalized spacial score (nSPS) is 24.0. The van der Waals surface area contributed by atoms with Gasteiger partial charge in [0.15, 0.2) is 6.04 Å². The number of rotatable bonds is 3. The van der Waals surface area contributed by atoms with Gasteiger partial charge in [0.25, 0.3) is 6.04 Å². The number of hydrogen-bond acceptors (Lipinski definition) is 6. The van der Waals surface area contributed by atoms with Crippen molar-refractivity contribution in [3.63, 3.8) is 0 Å². The molecule has 2 saturated heterocycles. The fourth-order valence-electron chi connectivity index (χ4n) is 3.17. The summed E-state index contributed by atoms with van der Waals surface area (Å²) in [6.45, 7) is 1.36. The van der Waals surface area contributed by atoms with E-state index in [2.05, 4.69) is 10.9 Å². The summed E-state index contributed by atoms with van der Waals surface area (Å²) in [7, 11) is 0. The summed E-state index contributed by atoms with van der Waals surface area (Å²) in [5.41, 5.74) is 4.97. The van der Waals surface area contributed by atoms with Crippen LogP contribution in [-0.2, 0) is 11.0 Å². The predicted molar refractivity (Wildman–Crippen MR) is 85.9 cm³/mol. The molecule has 2 atom stereocenters. The number of carbonyl (C=O) groups excluding carboxylic acids is 1. The molecule has 3 rings (SSSR count). The van der Waals surface area contributed by atoms with Crippen molar-refractivity contribution in [2.24, 2.45) is 0 Å². The third-order valence-electron chi connectivity index (χ3n) is 4.62. The molecule has 1 aromatic rings. The van der Waals surface area contributed by atoms with Gasteiger partial charge in [-0.1, -0.05) is 6.07 Å². The lowest BCUT2D eigenvalue weighted by molar-refractivity contribution is -0.517. The van der Waals surface area contributed by atoms with E-state index in [9.17, 15) is 28.1 Å². The first kappa shape index (κ1) is 18.4. The van der Waals surface area contributed by atoms with Crippen molar-refractivity contribution in [3.8, 4) is 0 Å². The van der Waals surface area contributed by atoms with Crippen molar-refractivity contribution < 1.29 is 22.9 Å². The molecule has 2 aliphatic heterocycles. The van der Waals surface area contributed by atoms with Crippen molar-refractivity contribution in [2.75, 3.05) is 37.6 Å². The monoisotopic (exact) mass is 373 g/mol. The standard InChI is InChI=1S/C15H18F3N5O3/c16-15(17,18)10-2-1-3-11(8-10)21-4-6-22(7-5-21)14(24)13-12(23(25)26)9-19-20-13/h1-3,8,12-13,19-20H,4-7,9H2. The lowest BCUT2D eigenvalue weighted by atomic mass is 10.1. The Kier molecular flexibility index (Phi) is 5.01. The van der Waals surface area contributed by atoms with Crippen LogP contribution in [0.5, 0.6) is 0 Å². The van der Waals surface area contributed by atoms with Gasteiger partial charge in [-0.15, -0.1) is 0 Å². The Hall–Kier alpha value is -2.40. The number of carbonyl (C=O) groups is 1. The van der Waals surface area contributed by atoms with Crippen LogP contribution in [0.3, 0.4) is 0 Å². The molecule has 0 bridgehead atoms. The van der Waals surface area contributed by atoms with Crippen molar-refractivity contribution >= 4 is 11.6 Å². The highest BCUT2D eigenvalue weighted by Gasteiger charge is 2.43. The van der Waals surface area contributed by atoms with E-state index >= 15 is 0 Å². The number of hydrogen-bond donors (Lipinski definition) is 2. The van der Waals surface area contributed by atoms with Gasteiger partial charge in [-0.25, -0.2) is 10.9 Å². The number of benzene rings is 1. The zero-order valence-corrected chi connectivity index (χ0v) is 13.7. The maximum absolute atomic E-state index is 12.8. The Morgan fingerprint density at radius 2 is 1.92 bits per heavy atom. The molecule has 2 aliphatic rings. The first-order valence-corrected chi connectivity index (χ1v) is 8.10. The topological polar surface area (TPSA) is 90.7 Å². The van der Waals surface area contributed by atoms with Crippen LogP contribution in [0.4, 0.5) is 18.9 Å². The Labute approximate surface area is 147 Å². The quantitative estimate of drug-likeness (QED) is 0.592. The molecule has 1 aromatic carbocycles. The number of nitro groups is 1. The Morgan fingerprint density at radius 1 is 1.23 bits per heavy atom. The smallest absolute Gasteiger partial charge is 0.368 e. The third kappa shape index (κ3) is 3.73. The van der Waals surface area contributed by atoms with Crippen molar-refractivity contribution in [1.82, 2.24) is 15.8 Å². The largest absolute Gasteiger partial charge is 0.416 e. The van der Waals surface area contributed by atoms with E-state index in [-0.39, 0.29) is 25.5 Å². The highest BCUT2D eigenvalue weighted by atomic mass is 19.4. The van der Waals surface area contributed by atoms with Crippen LogP contribution >= 0.6 is 0 Å². The first-order chi connectivity index (χ1) is 12.3. The highest BCUT2D eigenvalue weighted by molar-refractivity contribution is 5.83. The summed E-state index contributed by atoms with van der Waals surface area (Å²) in [4.78, 5) is 26.3. The number of anilines is 1. The molecule has 0 aliphatic carbocycles. The van der Waals surface area contributed by atoms with Crippen LogP contribution < -0.4 is 15.8 Å². The van der Waals surface area contributed by atoms with Crippen LogP contribution in [0.2, 0.25) is 0 Å². The van der Waals surface area contributed by atoms with Crippen LogP contribution in [0.1, 0.15) is 5.56 Å². The maximum atomic E-state index is 12.8. The van der Waals surface area contributed by atoms with Gasteiger partial charge in [0.05, 0.1) is 12.1 Å². The first-order valence-electron chi connectivity index (χ1n) is 8.10. The number of piperazine rings is 1. The molecule has 8 nitrogen and oxygen atoms in total. The van der Waals surface area contributed by atoms with E-state index in [1.165, 1.54) is 11.0 Å². The Balaban J connectivity index is 1.63. The molecule has 2 heterocycles. The summed E-state index contributed by atoms with van der Waals surface area (Å²) in [5, 5.41) is 11.0. The highest BCUT2D eigenvalue weighted by Crippen LogP contribution is 2.31. The van der Waals surface area contributed by atoms with Gasteiger partial charge >= 0.3 is 6.18 Å². The second-order valence-electron chi connectivity index (χ2n) is 6.22. The van der Waals surface area contributed by atoms with E-state index in [0.717, 1.165) is 12.1 Å². The molecule has 0 aromatic heterocycles. The van der Waals surface area contributed by atoms with Crippen molar-refractivity contribution in [3.05, 3.63) is 39.9 Å². The van der Waals surface area contributed by atoms with Gasteiger partial charge in [-0.2, -0.15) is 13.2 Å². The summed E-state index contributed by atoms with van der Waals surface area (Å²) in [6, 6.07) is 3.07. The van der Waals surface area contributed by atoms with Gasteiger partial charge in [0, 0.05) is 36.8 Å². The SMILES string of the molecule is O=C(C1NNCC1[N+](=O)[O-])N1CCN(c2cccc(C(F)(F)F)c2)CC1. The maximum Gasteiger partial charge on any atom is 0.416 e. The van der Waals surface area contributed by atoms with Crippen LogP contribution in [0.25, 0.3) is 0 Å². The van der Waals surface area contributed by atoms with Crippen LogP contribution in [0.15, 0.2) is 24.3 Å². The average molecular weight is 373 g/mol. The minimum absolute atomic E-state index is 0.0631. The molecule has 0 radical (unpaired) electrons. The molecule has 0 spiro atoms. The second kappa shape index (κ2) is 7.08. The molecule has 2 fully saturated rings. The van der Waals surface area contributed by atoms with E-state index in [4.69, 9.17) is 0 Å². The van der Waals surface area contributed by atoms with Crippen LogP contribution in [-0.4, -0.2) is 60.5 Å². The third-order valence-corrected chi connectivity index (χ3v) is 4.62. The second-order valence-corrected chi connectivity index (χ2v) is 6.22. The average Bonchev–Trinajstić information content (AvgIpc) is 3.11. The van der Waals surface area contributed by atoms with Crippen molar-refractivity contribution in [2.45, 2.75) is 18.3 Å². The molecular formula is C15H18F3N5O3. The summed E-state index contributed by atoms with van der Waals surface area (Å²) >= 11 is 0. The molecule has 1 amide bonds. The van der Waals surface area contributed by atoms with Gasteiger partial charge in [-0.3, -0.25) is 14.9 Å².